The number of hydrogen-bond donors (Lipinski definition) is 1. The maximum atomic E-state index is 12.2. The molecule has 0 unspecified atom stereocenters. The number of ether oxygens (including phenoxy) is 1. The first-order valence-corrected chi connectivity index (χ1v) is 6.68. The van der Waals surface area contributed by atoms with Gasteiger partial charge in [0.15, 0.2) is 0 Å². The number of hydrogen-bond acceptors (Lipinski definition) is 2. The molecule has 4 nitrogen and oxygen atoms in total. The van der Waals surface area contributed by atoms with Gasteiger partial charge in [-0.25, -0.2) is 4.68 Å². The van der Waals surface area contributed by atoms with Crippen molar-refractivity contribution < 1.29 is 4.74 Å². The Morgan fingerprint density at radius 2 is 1.84 bits per heavy atom. The van der Waals surface area contributed by atoms with E-state index in [0.29, 0.717) is 28.8 Å². The highest BCUT2D eigenvalue weighted by Crippen LogP contribution is 2.31. The van der Waals surface area contributed by atoms with Crippen LogP contribution >= 0.6 is 34.8 Å². The van der Waals surface area contributed by atoms with Crippen molar-refractivity contribution in [1.82, 2.24) is 9.78 Å². The van der Waals surface area contributed by atoms with Gasteiger partial charge in [0.2, 0.25) is 5.88 Å². The smallest absolute Gasteiger partial charge is 0.278 e. The Morgan fingerprint density at radius 1 is 1.26 bits per heavy atom. The van der Waals surface area contributed by atoms with Gasteiger partial charge < -0.3 is 4.74 Å². The standard InChI is InChI=1S/C12H11Cl3N2O2/c1-3-19-11-6(2)12(18)17(16-11)10-8(14)4-7(13)5-9(10)15/h4-5,16H,3H2,1-2H3. The van der Waals surface area contributed by atoms with Gasteiger partial charge in [0.1, 0.15) is 5.69 Å². The van der Waals surface area contributed by atoms with Crippen LogP contribution in [-0.2, 0) is 0 Å². The average Bonchev–Trinajstić information content (AvgIpc) is 2.57. The van der Waals surface area contributed by atoms with Crippen LogP contribution in [0.25, 0.3) is 5.69 Å². The van der Waals surface area contributed by atoms with Crippen LogP contribution in [0.1, 0.15) is 12.5 Å². The molecule has 1 aromatic heterocycles. The summed E-state index contributed by atoms with van der Waals surface area (Å²) in [5, 5.41) is 3.80. The summed E-state index contributed by atoms with van der Waals surface area (Å²) in [4.78, 5) is 12.2. The second-order valence-electron chi connectivity index (χ2n) is 3.86. The van der Waals surface area contributed by atoms with Crippen molar-refractivity contribution in [2.75, 3.05) is 6.61 Å². The highest BCUT2D eigenvalue weighted by atomic mass is 35.5. The maximum absolute atomic E-state index is 12.2. The molecular weight excluding hydrogens is 311 g/mol. The van der Waals surface area contributed by atoms with E-state index in [1.165, 1.54) is 16.8 Å². The normalized spacial score (nSPS) is 10.8. The summed E-state index contributed by atoms with van der Waals surface area (Å²) in [6.07, 6.45) is 0. The molecule has 1 N–H and O–H groups in total. The lowest BCUT2D eigenvalue weighted by molar-refractivity contribution is 0.322. The summed E-state index contributed by atoms with van der Waals surface area (Å²) in [6, 6.07) is 3.04. The molecule has 0 fully saturated rings. The van der Waals surface area contributed by atoms with E-state index in [1.807, 2.05) is 6.92 Å². The van der Waals surface area contributed by atoms with E-state index in [-0.39, 0.29) is 15.6 Å². The SMILES string of the molecule is CCOc1[nH]n(-c2c(Cl)cc(Cl)cc2Cl)c(=O)c1C. The minimum absolute atomic E-state index is 0.269. The van der Waals surface area contributed by atoms with Crippen LogP contribution in [-0.4, -0.2) is 16.4 Å². The minimum Gasteiger partial charge on any atom is -0.478 e. The van der Waals surface area contributed by atoms with Crippen LogP contribution in [0.3, 0.4) is 0 Å². The van der Waals surface area contributed by atoms with Crippen LogP contribution < -0.4 is 10.3 Å². The van der Waals surface area contributed by atoms with Gasteiger partial charge in [0.05, 0.1) is 22.2 Å². The molecule has 1 heterocycles. The molecule has 0 aliphatic carbocycles. The molecule has 0 radical (unpaired) electrons. The topological polar surface area (TPSA) is 47.0 Å². The Hall–Kier alpha value is -1.10. The second-order valence-corrected chi connectivity index (χ2v) is 5.11. The van der Waals surface area contributed by atoms with E-state index in [9.17, 15) is 4.79 Å². The first kappa shape index (κ1) is 14.3. The number of nitrogens with zero attached hydrogens (tertiary/aromatic N) is 1. The first-order valence-electron chi connectivity index (χ1n) is 5.55. The van der Waals surface area contributed by atoms with Gasteiger partial charge in [-0.1, -0.05) is 34.8 Å². The number of aromatic amines is 1. The predicted octanol–water partition coefficient (Wildman–Crippen LogP) is 3.83. The molecule has 19 heavy (non-hydrogen) atoms. The van der Waals surface area contributed by atoms with Crippen molar-refractivity contribution in [2.45, 2.75) is 13.8 Å². The third-order valence-corrected chi connectivity index (χ3v) is 3.37. The minimum atomic E-state index is -0.269. The van der Waals surface area contributed by atoms with E-state index < -0.39 is 0 Å². The number of H-pyrrole nitrogens is 1. The largest absolute Gasteiger partial charge is 0.478 e. The van der Waals surface area contributed by atoms with Gasteiger partial charge in [0.25, 0.3) is 5.56 Å². The average molecular weight is 322 g/mol. The number of aromatic nitrogens is 2. The van der Waals surface area contributed by atoms with Crippen molar-refractivity contribution in [2.24, 2.45) is 0 Å². The number of halogens is 3. The summed E-state index contributed by atoms with van der Waals surface area (Å²) in [6.45, 7) is 3.94. The summed E-state index contributed by atoms with van der Waals surface area (Å²) in [7, 11) is 0. The lowest BCUT2D eigenvalue weighted by atomic mass is 10.3. The van der Waals surface area contributed by atoms with Gasteiger partial charge in [-0.3, -0.25) is 9.89 Å². The zero-order valence-electron chi connectivity index (χ0n) is 10.3. The van der Waals surface area contributed by atoms with Crippen molar-refractivity contribution in [3.05, 3.63) is 43.1 Å². The van der Waals surface area contributed by atoms with Gasteiger partial charge in [-0.05, 0) is 26.0 Å². The van der Waals surface area contributed by atoms with Gasteiger partial charge >= 0.3 is 0 Å². The van der Waals surface area contributed by atoms with Crippen LogP contribution in [0.5, 0.6) is 5.88 Å². The molecule has 2 rings (SSSR count). The summed E-state index contributed by atoms with van der Waals surface area (Å²) in [5.74, 6) is 0.398. The molecule has 0 atom stereocenters. The van der Waals surface area contributed by atoms with Crippen molar-refractivity contribution in [3.8, 4) is 11.6 Å². The van der Waals surface area contributed by atoms with Crippen LogP contribution in [0.4, 0.5) is 0 Å². The van der Waals surface area contributed by atoms with Crippen molar-refractivity contribution >= 4 is 34.8 Å². The second kappa shape index (κ2) is 5.49. The predicted molar refractivity (Wildman–Crippen MR) is 77.3 cm³/mol. The highest BCUT2D eigenvalue weighted by Gasteiger charge is 2.17. The molecule has 0 aliphatic heterocycles. The third-order valence-electron chi connectivity index (χ3n) is 2.57. The Balaban J connectivity index is 2.66. The monoisotopic (exact) mass is 320 g/mol. The lowest BCUT2D eigenvalue weighted by Gasteiger charge is -2.08. The molecule has 0 amide bonds. The molecule has 1 aromatic carbocycles. The maximum Gasteiger partial charge on any atom is 0.278 e. The van der Waals surface area contributed by atoms with E-state index in [0.717, 1.165) is 0 Å². The fraction of sp³-hybridized carbons (Fsp3) is 0.250. The van der Waals surface area contributed by atoms with Gasteiger partial charge in [-0.15, -0.1) is 0 Å². The number of nitrogens with one attached hydrogen (secondary N) is 1. The summed E-state index contributed by atoms with van der Waals surface area (Å²) < 4.78 is 6.59. The van der Waals surface area contributed by atoms with E-state index in [1.54, 1.807) is 6.92 Å². The number of benzene rings is 1. The van der Waals surface area contributed by atoms with E-state index >= 15 is 0 Å². The van der Waals surface area contributed by atoms with Crippen LogP contribution in [0, 0.1) is 6.92 Å². The first-order chi connectivity index (χ1) is 8.95. The molecule has 0 aliphatic rings. The zero-order chi connectivity index (χ0) is 14.2. The molecule has 0 saturated heterocycles. The fourth-order valence-corrected chi connectivity index (χ4v) is 2.68. The van der Waals surface area contributed by atoms with Gasteiger partial charge in [0, 0.05) is 5.02 Å². The molecule has 0 spiro atoms. The van der Waals surface area contributed by atoms with Crippen molar-refractivity contribution in [3.63, 3.8) is 0 Å². The third kappa shape index (κ3) is 2.61. The van der Waals surface area contributed by atoms with Crippen LogP contribution in [0.15, 0.2) is 16.9 Å². The van der Waals surface area contributed by atoms with Crippen LogP contribution in [0.2, 0.25) is 15.1 Å². The molecule has 0 saturated carbocycles. The summed E-state index contributed by atoms with van der Waals surface area (Å²) in [5.41, 5.74) is 0.547. The van der Waals surface area contributed by atoms with Crippen molar-refractivity contribution in [1.29, 1.82) is 0 Å². The molecule has 102 valence electrons. The quantitative estimate of drug-likeness (QED) is 0.934. The molecule has 7 heteroatoms. The Morgan fingerprint density at radius 3 is 2.37 bits per heavy atom. The summed E-state index contributed by atoms with van der Waals surface area (Å²) >= 11 is 18.0. The highest BCUT2D eigenvalue weighted by molar-refractivity contribution is 6.40. The lowest BCUT2D eigenvalue weighted by Crippen LogP contribution is -2.16. The van der Waals surface area contributed by atoms with E-state index in [2.05, 4.69) is 5.10 Å². The van der Waals surface area contributed by atoms with Gasteiger partial charge in [-0.2, -0.15) is 0 Å². The fourth-order valence-electron chi connectivity index (χ4n) is 1.69. The molecule has 2 aromatic rings. The Labute approximate surface area is 124 Å². The zero-order valence-corrected chi connectivity index (χ0v) is 12.5. The Kier molecular flexibility index (Phi) is 4.13. The Bertz CT molecular complexity index is 653. The van der Waals surface area contributed by atoms with E-state index in [4.69, 9.17) is 39.5 Å². The number of rotatable bonds is 3. The molecular formula is C12H11Cl3N2O2. The molecule has 0 bridgehead atoms.